The summed E-state index contributed by atoms with van der Waals surface area (Å²) in [5.41, 5.74) is 0. The van der Waals surface area contributed by atoms with Gasteiger partial charge in [-0.05, 0) is 34.2 Å². The molecule has 0 spiro atoms. The van der Waals surface area contributed by atoms with Crippen LogP contribution in [0.2, 0.25) is 0 Å². The maximum absolute atomic E-state index is 11.5. The van der Waals surface area contributed by atoms with Crippen LogP contribution in [0, 0.1) is 0 Å². The quantitative estimate of drug-likeness (QED) is 0.599. The Morgan fingerprint density at radius 1 is 1.12 bits per heavy atom. The summed E-state index contributed by atoms with van der Waals surface area (Å²) in [5, 5.41) is 6.10. The van der Waals surface area contributed by atoms with Gasteiger partial charge in [-0.25, -0.2) is 0 Å². The topological polar surface area (TPSA) is 44.4 Å². The lowest BCUT2D eigenvalue weighted by Crippen LogP contribution is -2.42. The number of carbonyl (C=O) groups is 1. The minimum absolute atomic E-state index is 0.137. The summed E-state index contributed by atoms with van der Waals surface area (Å²) in [6.07, 6.45) is 0.567. The summed E-state index contributed by atoms with van der Waals surface area (Å²) in [5.74, 6) is 0.137. The fourth-order valence-corrected chi connectivity index (χ4v) is 1.90. The maximum atomic E-state index is 11.5. The van der Waals surface area contributed by atoms with Gasteiger partial charge in [-0.2, -0.15) is 0 Å². The van der Waals surface area contributed by atoms with Crippen LogP contribution in [0.15, 0.2) is 0 Å². The van der Waals surface area contributed by atoms with E-state index in [0.29, 0.717) is 18.5 Å². The third-order valence-electron chi connectivity index (χ3n) is 2.80. The van der Waals surface area contributed by atoms with Gasteiger partial charge in [0.05, 0.1) is 0 Å². The lowest BCUT2D eigenvalue weighted by molar-refractivity contribution is -0.121. The van der Waals surface area contributed by atoms with Crippen molar-refractivity contribution in [2.24, 2.45) is 0 Å². The molecule has 0 aromatic rings. The van der Waals surface area contributed by atoms with Crippen LogP contribution in [0.25, 0.3) is 0 Å². The zero-order valence-corrected chi connectivity index (χ0v) is 12.0. The molecule has 4 nitrogen and oxygen atoms in total. The van der Waals surface area contributed by atoms with E-state index in [1.165, 1.54) is 0 Å². The Hall–Kier alpha value is -0.610. The summed E-state index contributed by atoms with van der Waals surface area (Å²) >= 11 is 0. The van der Waals surface area contributed by atoms with Crippen molar-refractivity contribution in [1.82, 2.24) is 15.5 Å². The van der Waals surface area contributed by atoms with Gasteiger partial charge < -0.3 is 10.6 Å². The van der Waals surface area contributed by atoms with Gasteiger partial charge in [-0.15, -0.1) is 0 Å². The van der Waals surface area contributed by atoms with Gasteiger partial charge in [0.2, 0.25) is 5.91 Å². The van der Waals surface area contributed by atoms with E-state index in [-0.39, 0.29) is 5.91 Å². The van der Waals surface area contributed by atoms with Crippen LogP contribution in [0.1, 0.15) is 41.0 Å². The Morgan fingerprint density at radius 2 is 1.71 bits per heavy atom. The van der Waals surface area contributed by atoms with Crippen LogP contribution in [-0.2, 0) is 4.79 Å². The Labute approximate surface area is 106 Å². The van der Waals surface area contributed by atoms with Crippen LogP contribution in [0.5, 0.6) is 0 Å². The SMILES string of the molecule is CCNCCC(=O)NCCN(C(C)C)C(C)C. The van der Waals surface area contributed by atoms with E-state index in [1.807, 2.05) is 6.92 Å². The van der Waals surface area contributed by atoms with Gasteiger partial charge in [0.1, 0.15) is 0 Å². The Balaban J connectivity index is 3.70. The highest BCUT2D eigenvalue weighted by Crippen LogP contribution is 2.03. The predicted octanol–water partition coefficient (Wildman–Crippen LogP) is 1.22. The van der Waals surface area contributed by atoms with Gasteiger partial charge >= 0.3 is 0 Å². The van der Waals surface area contributed by atoms with Crippen LogP contribution >= 0.6 is 0 Å². The van der Waals surface area contributed by atoms with E-state index in [2.05, 4.69) is 43.2 Å². The van der Waals surface area contributed by atoms with E-state index >= 15 is 0 Å². The van der Waals surface area contributed by atoms with E-state index in [1.54, 1.807) is 0 Å². The Morgan fingerprint density at radius 3 is 2.18 bits per heavy atom. The molecule has 0 aliphatic carbocycles. The first-order valence-corrected chi connectivity index (χ1v) is 6.72. The second-order valence-electron chi connectivity index (χ2n) is 4.88. The molecule has 4 heteroatoms. The zero-order valence-electron chi connectivity index (χ0n) is 12.0. The number of amides is 1. The van der Waals surface area contributed by atoms with Crippen molar-refractivity contribution in [2.75, 3.05) is 26.2 Å². The second kappa shape index (κ2) is 9.42. The first-order chi connectivity index (χ1) is 7.99. The normalized spacial score (nSPS) is 11.5. The largest absolute Gasteiger partial charge is 0.355 e. The number of rotatable bonds is 9. The average Bonchev–Trinajstić information content (AvgIpc) is 2.23. The average molecular weight is 243 g/mol. The number of carbonyl (C=O) groups excluding carboxylic acids is 1. The Bertz CT molecular complexity index is 197. The molecule has 0 aliphatic rings. The molecule has 102 valence electrons. The van der Waals surface area contributed by atoms with E-state index in [9.17, 15) is 4.79 Å². The van der Waals surface area contributed by atoms with Crippen LogP contribution in [0.4, 0.5) is 0 Å². The van der Waals surface area contributed by atoms with Crippen molar-refractivity contribution in [3.8, 4) is 0 Å². The van der Waals surface area contributed by atoms with Crippen molar-refractivity contribution in [3.05, 3.63) is 0 Å². The number of nitrogens with one attached hydrogen (secondary N) is 2. The molecule has 0 atom stereocenters. The molecular formula is C13H29N3O. The van der Waals surface area contributed by atoms with Gasteiger partial charge in [-0.3, -0.25) is 9.69 Å². The fraction of sp³-hybridized carbons (Fsp3) is 0.923. The summed E-state index contributed by atoms with van der Waals surface area (Å²) in [7, 11) is 0. The molecule has 0 saturated heterocycles. The molecule has 0 heterocycles. The highest BCUT2D eigenvalue weighted by atomic mass is 16.1. The van der Waals surface area contributed by atoms with E-state index in [4.69, 9.17) is 0 Å². The summed E-state index contributed by atoms with van der Waals surface area (Å²) in [6, 6.07) is 1.04. The third kappa shape index (κ3) is 8.16. The number of hydrogen-bond acceptors (Lipinski definition) is 3. The first kappa shape index (κ1) is 16.4. The molecule has 0 rings (SSSR count). The summed E-state index contributed by atoms with van der Waals surface area (Å²) in [6.45, 7) is 14.1. The molecule has 0 saturated carbocycles. The number of hydrogen-bond donors (Lipinski definition) is 2. The van der Waals surface area contributed by atoms with Gasteiger partial charge in [0.15, 0.2) is 0 Å². The first-order valence-electron chi connectivity index (χ1n) is 6.72. The predicted molar refractivity (Wildman–Crippen MR) is 73.1 cm³/mol. The summed E-state index contributed by atoms with van der Waals surface area (Å²) < 4.78 is 0. The summed E-state index contributed by atoms with van der Waals surface area (Å²) in [4.78, 5) is 13.8. The minimum Gasteiger partial charge on any atom is -0.355 e. The number of nitrogens with zero attached hydrogens (tertiary/aromatic N) is 1. The molecule has 17 heavy (non-hydrogen) atoms. The van der Waals surface area contributed by atoms with Crippen molar-refractivity contribution >= 4 is 5.91 Å². The van der Waals surface area contributed by atoms with Crippen molar-refractivity contribution in [1.29, 1.82) is 0 Å². The molecule has 0 fully saturated rings. The molecule has 0 bridgehead atoms. The third-order valence-corrected chi connectivity index (χ3v) is 2.80. The van der Waals surface area contributed by atoms with Crippen LogP contribution in [0.3, 0.4) is 0 Å². The van der Waals surface area contributed by atoms with Gasteiger partial charge in [0.25, 0.3) is 0 Å². The molecule has 0 aromatic carbocycles. The molecular weight excluding hydrogens is 214 g/mol. The van der Waals surface area contributed by atoms with Crippen molar-refractivity contribution < 1.29 is 4.79 Å². The maximum Gasteiger partial charge on any atom is 0.221 e. The highest BCUT2D eigenvalue weighted by molar-refractivity contribution is 5.76. The van der Waals surface area contributed by atoms with Gasteiger partial charge in [-0.1, -0.05) is 6.92 Å². The van der Waals surface area contributed by atoms with Crippen LogP contribution < -0.4 is 10.6 Å². The molecule has 0 unspecified atom stereocenters. The fourth-order valence-electron chi connectivity index (χ4n) is 1.90. The van der Waals surface area contributed by atoms with Crippen molar-refractivity contribution in [2.45, 2.75) is 53.1 Å². The van der Waals surface area contributed by atoms with E-state index < -0.39 is 0 Å². The monoisotopic (exact) mass is 243 g/mol. The molecule has 0 aromatic heterocycles. The lowest BCUT2D eigenvalue weighted by atomic mass is 10.2. The van der Waals surface area contributed by atoms with Gasteiger partial charge in [0, 0.05) is 38.1 Å². The van der Waals surface area contributed by atoms with Crippen LogP contribution in [-0.4, -0.2) is 49.1 Å². The Kier molecular flexibility index (Phi) is 9.09. The smallest absolute Gasteiger partial charge is 0.221 e. The molecule has 0 aliphatic heterocycles. The standard InChI is InChI=1S/C13H29N3O/c1-6-14-8-7-13(17)15-9-10-16(11(2)3)12(4)5/h11-12,14H,6-10H2,1-5H3,(H,15,17). The second-order valence-corrected chi connectivity index (χ2v) is 4.88. The highest BCUT2D eigenvalue weighted by Gasteiger charge is 2.12. The lowest BCUT2D eigenvalue weighted by Gasteiger charge is -2.30. The molecule has 2 N–H and O–H groups in total. The zero-order chi connectivity index (χ0) is 13.3. The molecule has 1 amide bonds. The minimum atomic E-state index is 0.137. The van der Waals surface area contributed by atoms with E-state index in [0.717, 1.165) is 26.2 Å². The molecule has 0 radical (unpaired) electrons. The van der Waals surface area contributed by atoms with Crippen molar-refractivity contribution in [3.63, 3.8) is 0 Å².